The van der Waals surface area contributed by atoms with Crippen molar-refractivity contribution in [3.8, 4) is 0 Å². The van der Waals surface area contributed by atoms with Crippen molar-refractivity contribution in [3.63, 3.8) is 0 Å². The van der Waals surface area contributed by atoms with Crippen LogP contribution in [0.2, 0.25) is 0 Å². The van der Waals surface area contributed by atoms with Crippen LogP contribution in [-0.2, 0) is 14.6 Å². The topological polar surface area (TPSA) is 54.5 Å². The van der Waals surface area contributed by atoms with Crippen molar-refractivity contribution in [2.75, 3.05) is 18.6 Å². The van der Waals surface area contributed by atoms with Crippen molar-refractivity contribution in [2.45, 2.75) is 32.2 Å². The zero-order chi connectivity index (χ0) is 11.0. The monoisotopic (exact) mass is 219 g/mol. The van der Waals surface area contributed by atoms with Crippen LogP contribution in [0.25, 0.3) is 0 Å². The number of amides is 1. The van der Waals surface area contributed by atoms with Gasteiger partial charge < -0.3 is 4.90 Å². The zero-order valence-corrected chi connectivity index (χ0v) is 9.73. The highest BCUT2D eigenvalue weighted by Gasteiger charge is 2.42. The van der Waals surface area contributed by atoms with E-state index < -0.39 is 15.4 Å². The predicted molar refractivity (Wildman–Crippen MR) is 54.7 cm³/mol. The number of hydrogen-bond donors (Lipinski definition) is 0. The molecule has 0 aliphatic carbocycles. The Balaban J connectivity index is 2.83. The van der Waals surface area contributed by atoms with E-state index in [0.29, 0.717) is 12.8 Å². The summed E-state index contributed by atoms with van der Waals surface area (Å²) in [7, 11) is -1.25. The standard InChI is InChI=1S/C9H17NO3S/c1-4-8(11)10(3)9(2)5-6-14(12,13)7-9/h4-7H2,1-3H3. The lowest BCUT2D eigenvalue weighted by Crippen LogP contribution is -2.48. The maximum Gasteiger partial charge on any atom is 0.222 e. The van der Waals surface area contributed by atoms with Crippen molar-refractivity contribution >= 4 is 15.7 Å². The molecule has 1 atom stereocenters. The number of carbonyl (C=O) groups is 1. The summed E-state index contributed by atoms with van der Waals surface area (Å²) in [4.78, 5) is 13.0. The van der Waals surface area contributed by atoms with Gasteiger partial charge >= 0.3 is 0 Å². The summed E-state index contributed by atoms with van der Waals surface area (Å²) in [6, 6.07) is 0. The third kappa shape index (κ3) is 2.08. The van der Waals surface area contributed by atoms with Gasteiger partial charge in [-0.25, -0.2) is 8.42 Å². The van der Waals surface area contributed by atoms with Gasteiger partial charge in [0.05, 0.1) is 17.0 Å². The van der Waals surface area contributed by atoms with E-state index >= 15 is 0 Å². The number of hydrogen-bond acceptors (Lipinski definition) is 3. The fourth-order valence-corrected chi connectivity index (χ4v) is 3.98. The van der Waals surface area contributed by atoms with E-state index in [1.165, 1.54) is 0 Å². The van der Waals surface area contributed by atoms with Gasteiger partial charge in [-0.15, -0.1) is 0 Å². The molecule has 1 unspecified atom stereocenters. The van der Waals surface area contributed by atoms with Gasteiger partial charge in [0.15, 0.2) is 9.84 Å². The lowest BCUT2D eigenvalue weighted by Gasteiger charge is -2.34. The number of rotatable bonds is 2. The molecule has 1 heterocycles. The minimum atomic E-state index is -2.93. The molecule has 14 heavy (non-hydrogen) atoms. The van der Waals surface area contributed by atoms with Crippen LogP contribution in [0.4, 0.5) is 0 Å². The summed E-state index contributed by atoms with van der Waals surface area (Å²) in [5, 5.41) is 0. The van der Waals surface area contributed by atoms with E-state index in [0.717, 1.165) is 0 Å². The molecule has 0 bridgehead atoms. The Kier molecular flexibility index (Phi) is 2.90. The molecule has 1 rings (SSSR count). The molecule has 4 nitrogen and oxygen atoms in total. The minimum absolute atomic E-state index is 0.00426. The van der Waals surface area contributed by atoms with Crippen LogP contribution < -0.4 is 0 Å². The summed E-state index contributed by atoms with van der Waals surface area (Å²) in [5.41, 5.74) is -0.494. The van der Waals surface area contributed by atoms with Gasteiger partial charge in [0.25, 0.3) is 0 Å². The van der Waals surface area contributed by atoms with Crippen molar-refractivity contribution in [1.82, 2.24) is 4.90 Å². The molecule has 0 aromatic rings. The second kappa shape index (κ2) is 3.53. The van der Waals surface area contributed by atoms with Crippen LogP contribution >= 0.6 is 0 Å². The fraction of sp³-hybridized carbons (Fsp3) is 0.889. The largest absolute Gasteiger partial charge is 0.339 e. The number of sulfone groups is 1. The average Bonchev–Trinajstić information content (AvgIpc) is 2.39. The number of nitrogens with zero attached hydrogens (tertiary/aromatic N) is 1. The molecular weight excluding hydrogens is 202 g/mol. The molecule has 0 N–H and O–H groups in total. The Morgan fingerprint density at radius 3 is 2.43 bits per heavy atom. The molecular formula is C9H17NO3S. The van der Waals surface area contributed by atoms with Crippen molar-refractivity contribution in [1.29, 1.82) is 0 Å². The second-order valence-corrected chi connectivity index (χ2v) is 6.33. The molecule has 0 saturated carbocycles. The molecule has 0 spiro atoms. The van der Waals surface area contributed by atoms with E-state index in [-0.39, 0.29) is 17.4 Å². The minimum Gasteiger partial charge on any atom is -0.339 e. The third-order valence-corrected chi connectivity index (χ3v) is 4.86. The van der Waals surface area contributed by atoms with Crippen LogP contribution in [0.5, 0.6) is 0 Å². The van der Waals surface area contributed by atoms with E-state index in [1.807, 2.05) is 6.92 Å². The first kappa shape index (κ1) is 11.5. The molecule has 1 saturated heterocycles. The van der Waals surface area contributed by atoms with Gasteiger partial charge in [-0.05, 0) is 13.3 Å². The lowest BCUT2D eigenvalue weighted by molar-refractivity contribution is -0.134. The Morgan fingerprint density at radius 1 is 1.50 bits per heavy atom. The van der Waals surface area contributed by atoms with Gasteiger partial charge in [-0.1, -0.05) is 6.92 Å². The molecule has 1 fully saturated rings. The molecule has 1 aliphatic heterocycles. The molecule has 82 valence electrons. The Morgan fingerprint density at radius 2 is 2.07 bits per heavy atom. The summed E-state index contributed by atoms with van der Waals surface area (Å²) < 4.78 is 22.6. The Hall–Kier alpha value is -0.580. The summed E-state index contributed by atoms with van der Waals surface area (Å²) in [5.74, 6) is 0.303. The van der Waals surface area contributed by atoms with Crippen molar-refractivity contribution < 1.29 is 13.2 Å². The first-order chi connectivity index (χ1) is 6.31. The zero-order valence-electron chi connectivity index (χ0n) is 8.91. The highest BCUT2D eigenvalue weighted by atomic mass is 32.2. The maximum absolute atomic E-state index is 11.4. The van der Waals surface area contributed by atoms with Gasteiger partial charge in [0.2, 0.25) is 5.91 Å². The summed E-state index contributed by atoms with van der Waals surface area (Å²) >= 11 is 0. The van der Waals surface area contributed by atoms with Gasteiger partial charge in [0.1, 0.15) is 0 Å². The first-order valence-corrected chi connectivity index (χ1v) is 6.60. The quantitative estimate of drug-likeness (QED) is 0.677. The summed E-state index contributed by atoms with van der Waals surface area (Å²) in [6.45, 7) is 3.62. The normalized spacial score (nSPS) is 30.2. The predicted octanol–water partition coefficient (Wildman–Crippen LogP) is 0.432. The SMILES string of the molecule is CCC(=O)N(C)C1(C)CCS(=O)(=O)C1. The van der Waals surface area contributed by atoms with Crippen LogP contribution in [-0.4, -0.2) is 43.3 Å². The molecule has 1 amide bonds. The van der Waals surface area contributed by atoms with E-state index in [4.69, 9.17) is 0 Å². The molecule has 0 aromatic heterocycles. The maximum atomic E-state index is 11.4. The molecule has 1 aliphatic rings. The van der Waals surface area contributed by atoms with Gasteiger partial charge in [-0.3, -0.25) is 4.79 Å². The Labute approximate surface area is 85.2 Å². The van der Waals surface area contributed by atoms with Crippen LogP contribution in [0.1, 0.15) is 26.7 Å². The second-order valence-electron chi connectivity index (χ2n) is 4.15. The van der Waals surface area contributed by atoms with Crippen molar-refractivity contribution in [2.24, 2.45) is 0 Å². The van der Waals surface area contributed by atoms with Crippen molar-refractivity contribution in [3.05, 3.63) is 0 Å². The molecule has 0 radical (unpaired) electrons. The highest BCUT2D eigenvalue weighted by molar-refractivity contribution is 7.91. The average molecular weight is 219 g/mol. The lowest BCUT2D eigenvalue weighted by atomic mass is 10.00. The molecule has 5 heteroatoms. The van der Waals surface area contributed by atoms with Gasteiger partial charge in [-0.2, -0.15) is 0 Å². The molecule has 0 aromatic carbocycles. The Bertz CT molecular complexity index is 336. The van der Waals surface area contributed by atoms with E-state index in [9.17, 15) is 13.2 Å². The van der Waals surface area contributed by atoms with Crippen LogP contribution in [0, 0.1) is 0 Å². The number of carbonyl (C=O) groups excluding carboxylic acids is 1. The smallest absolute Gasteiger partial charge is 0.222 e. The van der Waals surface area contributed by atoms with E-state index in [2.05, 4.69) is 0 Å². The summed E-state index contributed by atoms with van der Waals surface area (Å²) in [6.07, 6.45) is 0.976. The first-order valence-electron chi connectivity index (χ1n) is 4.78. The highest BCUT2D eigenvalue weighted by Crippen LogP contribution is 2.28. The van der Waals surface area contributed by atoms with E-state index in [1.54, 1.807) is 18.9 Å². The van der Waals surface area contributed by atoms with Gasteiger partial charge in [0, 0.05) is 13.5 Å². The van der Waals surface area contributed by atoms with Crippen LogP contribution in [0.15, 0.2) is 0 Å². The fourth-order valence-electron chi connectivity index (χ4n) is 1.80. The third-order valence-electron chi connectivity index (χ3n) is 2.97. The van der Waals surface area contributed by atoms with Crippen LogP contribution in [0.3, 0.4) is 0 Å².